The Hall–Kier alpha value is -2.21. The number of fused-ring (bicyclic) bond motifs is 1. The predicted octanol–water partition coefficient (Wildman–Crippen LogP) is 2.04. The van der Waals surface area contributed by atoms with E-state index >= 15 is 0 Å². The molecule has 0 saturated heterocycles. The molecular weight excluding hydrogens is 288 g/mol. The van der Waals surface area contributed by atoms with Crippen LogP contribution >= 0.6 is 0 Å². The van der Waals surface area contributed by atoms with Gasteiger partial charge in [0.15, 0.2) is 0 Å². The molecule has 0 aliphatic carbocycles. The quantitative estimate of drug-likeness (QED) is 0.922. The molecule has 0 saturated carbocycles. The van der Waals surface area contributed by atoms with E-state index < -0.39 is 10.0 Å². The number of rotatable bonds is 2. The molecular formula is C15H16N2O3S. The van der Waals surface area contributed by atoms with Crippen LogP contribution < -0.4 is 9.21 Å². The number of phenolic OH excluding ortho intramolecular Hbond substituents is 1. The maximum absolute atomic E-state index is 12.8. The lowest BCUT2D eigenvalue weighted by molar-refractivity contribution is 0.473. The van der Waals surface area contributed by atoms with E-state index in [0.717, 1.165) is 5.69 Å². The normalized spacial score (nSPS) is 14.9. The van der Waals surface area contributed by atoms with Crippen LogP contribution in [0.4, 0.5) is 11.4 Å². The fraction of sp³-hybridized carbons (Fsp3) is 0.200. The highest BCUT2D eigenvalue weighted by Gasteiger charge is 2.30. The maximum atomic E-state index is 12.8. The highest BCUT2D eigenvalue weighted by atomic mass is 32.2. The molecule has 3 rings (SSSR count). The highest BCUT2D eigenvalue weighted by molar-refractivity contribution is 7.92. The molecule has 1 heterocycles. The van der Waals surface area contributed by atoms with E-state index in [-0.39, 0.29) is 10.6 Å². The zero-order valence-electron chi connectivity index (χ0n) is 11.6. The number of nitrogens with zero attached hydrogens (tertiary/aromatic N) is 2. The molecule has 0 spiro atoms. The maximum Gasteiger partial charge on any atom is 0.264 e. The first-order valence-electron chi connectivity index (χ1n) is 6.62. The van der Waals surface area contributed by atoms with E-state index in [1.54, 1.807) is 6.07 Å². The molecule has 2 aromatic rings. The Morgan fingerprint density at radius 2 is 1.71 bits per heavy atom. The molecule has 2 aromatic carbocycles. The van der Waals surface area contributed by atoms with Gasteiger partial charge in [0.2, 0.25) is 0 Å². The zero-order valence-corrected chi connectivity index (χ0v) is 12.4. The van der Waals surface area contributed by atoms with Crippen molar-refractivity contribution in [3.8, 4) is 5.75 Å². The number of likely N-dealkylation sites (N-methyl/N-ethyl adjacent to an activating group) is 1. The fourth-order valence-corrected chi connectivity index (χ4v) is 4.01. The lowest BCUT2D eigenvalue weighted by atomic mass is 10.2. The molecule has 0 aromatic heterocycles. The number of sulfonamides is 1. The molecule has 0 amide bonds. The van der Waals surface area contributed by atoms with Crippen LogP contribution in [0.1, 0.15) is 0 Å². The van der Waals surface area contributed by atoms with Crippen molar-refractivity contribution in [3.63, 3.8) is 0 Å². The summed E-state index contributed by atoms with van der Waals surface area (Å²) in [5.41, 5.74) is 1.54. The number of anilines is 2. The molecule has 0 radical (unpaired) electrons. The van der Waals surface area contributed by atoms with E-state index in [1.807, 2.05) is 30.1 Å². The number of para-hydroxylation sites is 2. The van der Waals surface area contributed by atoms with Gasteiger partial charge in [-0.2, -0.15) is 0 Å². The summed E-state index contributed by atoms with van der Waals surface area (Å²) < 4.78 is 27.0. The van der Waals surface area contributed by atoms with E-state index in [4.69, 9.17) is 0 Å². The van der Waals surface area contributed by atoms with Gasteiger partial charge < -0.3 is 10.0 Å². The molecule has 21 heavy (non-hydrogen) atoms. The standard InChI is InChI=1S/C15H16N2O3S/c1-16-9-10-17(15-8-3-2-7-14(15)16)21(19,20)13-6-4-5-12(18)11-13/h2-8,11,18H,9-10H2,1H3. The lowest BCUT2D eigenvalue weighted by Crippen LogP contribution is -2.42. The number of phenols is 1. The van der Waals surface area contributed by atoms with Gasteiger partial charge in [-0.15, -0.1) is 0 Å². The van der Waals surface area contributed by atoms with Crippen LogP contribution in [0, 0.1) is 0 Å². The van der Waals surface area contributed by atoms with Gasteiger partial charge in [0, 0.05) is 19.7 Å². The minimum absolute atomic E-state index is 0.0570. The summed E-state index contributed by atoms with van der Waals surface area (Å²) >= 11 is 0. The van der Waals surface area contributed by atoms with Gasteiger partial charge in [0.25, 0.3) is 10.0 Å². The van der Waals surface area contributed by atoms with E-state index in [2.05, 4.69) is 0 Å². The minimum atomic E-state index is -3.67. The summed E-state index contributed by atoms with van der Waals surface area (Å²) in [5, 5.41) is 9.52. The van der Waals surface area contributed by atoms with Gasteiger partial charge in [0.1, 0.15) is 5.75 Å². The number of hydrogen-bond donors (Lipinski definition) is 1. The Bertz CT molecular complexity index is 774. The smallest absolute Gasteiger partial charge is 0.264 e. The van der Waals surface area contributed by atoms with Crippen LogP contribution in [0.5, 0.6) is 5.75 Å². The third-order valence-corrected chi connectivity index (χ3v) is 5.41. The Kier molecular flexibility index (Phi) is 3.25. The van der Waals surface area contributed by atoms with Gasteiger partial charge in [-0.05, 0) is 24.3 Å². The van der Waals surface area contributed by atoms with Crippen molar-refractivity contribution in [1.29, 1.82) is 0 Å². The first-order chi connectivity index (χ1) is 10.00. The number of benzene rings is 2. The summed E-state index contributed by atoms with van der Waals surface area (Å²) in [4.78, 5) is 2.13. The van der Waals surface area contributed by atoms with Gasteiger partial charge >= 0.3 is 0 Å². The topological polar surface area (TPSA) is 60.9 Å². The van der Waals surface area contributed by atoms with Crippen molar-refractivity contribution in [2.75, 3.05) is 29.3 Å². The summed E-state index contributed by atoms with van der Waals surface area (Å²) in [6, 6.07) is 13.2. The molecule has 1 aliphatic heterocycles. The monoisotopic (exact) mass is 304 g/mol. The van der Waals surface area contributed by atoms with Crippen LogP contribution in [-0.4, -0.2) is 33.7 Å². The Labute approximate surface area is 124 Å². The molecule has 0 fully saturated rings. The lowest BCUT2D eigenvalue weighted by Gasteiger charge is -2.36. The van der Waals surface area contributed by atoms with Gasteiger partial charge in [0.05, 0.1) is 22.8 Å². The largest absolute Gasteiger partial charge is 0.508 e. The van der Waals surface area contributed by atoms with Crippen molar-refractivity contribution in [1.82, 2.24) is 0 Å². The average Bonchev–Trinajstić information content (AvgIpc) is 2.47. The van der Waals surface area contributed by atoms with Crippen LogP contribution in [0.3, 0.4) is 0 Å². The zero-order chi connectivity index (χ0) is 15.0. The fourth-order valence-electron chi connectivity index (χ4n) is 2.50. The first kappa shape index (κ1) is 13.8. The number of hydrogen-bond acceptors (Lipinski definition) is 4. The molecule has 6 heteroatoms. The second-order valence-electron chi connectivity index (χ2n) is 4.98. The van der Waals surface area contributed by atoms with Crippen molar-refractivity contribution in [2.45, 2.75) is 4.90 Å². The summed E-state index contributed by atoms with van der Waals surface area (Å²) in [6.07, 6.45) is 0. The highest BCUT2D eigenvalue weighted by Crippen LogP contribution is 2.35. The van der Waals surface area contributed by atoms with Crippen molar-refractivity contribution < 1.29 is 13.5 Å². The van der Waals surface area contributed by atoms with Crippen molar-refractivity contribution in [3.05, 3.63) is 48.5 Å². The number of aromatic hydroxyl groups is 1. The van der Waals surface area contributed by atoms with Gasteiger partial charge in [-0.1, -0.05) is 18.2 Å². The third kappa shape index (κ3) is 2.31. The second kappa shape index (κ2) is 4.96. The molecule has 1 N–H and O–H groups in total. The average molecular weight is 304 g/mol. The van der Waals surface area contributed by atoms with E-state index in [1.165, 1.54) is 28.6 Å². The SMILES string of the molecule is CN1CCN(S(=O)(=O)c2cccc(O)c2)c2ccccc21. The van der Waals surface area contributed by atoms with Crippen LogP contribution in [0.15, 0.2) is 53.4 Å². The van der Waals surface area contributed by atoms with E-state index in [0.29, 0.717) is 18.8 Å². The first-order valence-corrected chi connectivity index (χ1v) is 8.06. The second-order valence-corrected chi connectivity index (χ2v) is 6.85. The van der Waals surface area contributed by atoms with E-state index in [9.17, 15) is 13.5 Å². The molecule has 0 bridgehead atoms. The summed E-state index contributed by atoms with van der Waals surface area (Å²) in [6.45, 7) is 1.00. The summed E-state index contributed by atoms with van der Waals surface area (Å²) in [5.74, 6) is -0.0570. The van der Waals surface area contributed by atoms with Crippen molar-refractivity contribution in [2.24, 2.45) is 0 Å². The molecule has 0 unspecified atom stereocenters. The van der Waals surface area contributed by atoms with Crippen LogP contribution in [-0.2, 0) is 10.0 Å². The molecule has 1 aliphatic rings. The van der Waals surface area contributed by atoms with Gasteiger partial charge in [-0.25, -0.2) is 8.42 Å². The minimum Gasteiger partial charge on any atom is -0.508 e. The molecule has 110 valence electrons. The predicted molar refractivity (Wildman–Crippen MR) is 82.4 cm³/mol. The van der Waals surface area contributed by atoms with Crippen LogP contribution in [0.25, 0.3) is 0 Å². The van der Waals surface area contributed by atoms with Crippen molar-refractivity contribution >= 4 is 21.4 Å². The Morgan fingerprint density at radius 3 is 2.43 bits per heavy atom. The Balaban J connectivity index is 2.11. The van der Waals surface area contributed by atoms with Gasteiger partial charge in [-0.3, -0.25) is 4.31 Å². The van der Waals surface area contributed by atoms with Crippen LogP contribution in [0.2, 0.25) is 0 Å². The third-order valence-electron chi connectivity index (χ3n) is 3.61. The summed E-state index contributed by atoms with van der Waals surface area (Å²) in [7, 11) is -1.73. The molecule has 0 atom stereocenters. The Morgan fingerprint density at radius 1 is 1.00 bits per heavy atom. The molecule has 5 nitrogen and oxygen atoms in total.